The second-order valence-corrected chi connectivity index (χ2v) is 7.38. The fourth-order valence-electron chi connectivity index (χ4n) is 2.45. The second-order valence-electron chi connectivity index (χ2n) is 6.44. The zero-order chi connectivity index (χ0) is 13.2. The molecular formula is C15H26N2S. The number of nitrogens with zero attached hydrogens (tertiary/aromatic N) is 1. The van der Waals surface area contributed by atoms with Crippen molar-refractivity contribution in [3.05, 3.63) is 16.1 Å². The number of likely N-dealkylation sites (N-methyl/N-ethyl adjacent to an activating group) is 1. The maximum atomic E-state index is 4.82. The van der Waals surface area contributed by atoms with Crippen LogP contribution < -0.4 is 5.32 Å². The number of hydrogen-bond donors (Lipinski definition) is 1. The molecule has 1 aliphatic rings. The van der Waals surface area contributed by atoms with Crippen molar-refractivity contribution < 1.29 is 0 Å². The third-order valence-corrected chi connectivity index (χ3v) is 4.77. The number of thiazole rings is 1. The predicted molar refractivity (Wildman–Crippen MR) is 79.3 cm³/mol. The van der Waals surface area contributed by atoms with Crippen molar-refractivity contribution >= 4 is 11.3 Å². The molecule has 1 heterocycles. The van der Waals surface area contributed by atoms with Crippen LogP contribution in [0, 0.1) is 5.92 Å². The minimum absolute atomic E-state index is 0.179. The first-order valence-electron chi connectivity index (χ1n) is 7.19. The Balaban J connectivity index is 2.00. The molecule has 0 amide bonds. The van der Waals surface area contributed by atoms with Crippen molar-refractivity contribution in [3.63, 3.8) is 0 Å². The van der Waals surface area contributed by atoms with Crippen LogP contribution in [0.25, 0.3) is 0 Å². The van der Waals surface area contributed by atoms with Gasteiger partial charge in [-0.25, -0.2) is 4.98 Å². The summed E-state index contributed by atoms with van der Waals surface area (Å²) in [7, 11) is 0. The van der Waals surface area contributed by atoms with E-state index in [9.17, 15) is 0 Å². The summed E-state index contributed by atoms with van der Waals surface area (Å²) >= 11 is 1.83. The van der Waals surface area contributed by atoms with E-state index in [4.69, 9.17) is 4.98 Å². The van der Waals surface area contributed by atoms with Gasteiger partial charge in [-0.05, 0) is 25.3 Å². The Hall–Kier alpha value is -0.410. The van der Waals surface area contributed by atoms with Crippen LogP contribution in [-0.4, -0.2) is 17.6 Å². The Morgan fingerprint density at radius 3 is 2.61 bits per heavy atom. The van der Waals surface area contributed by atoms with Crippen molar-refractivity contribution in [2.45, 2.75) is 64.8 Å². The molecule has 1 unspecified atom stereocenters. The molecule has 1 aromatic rings. The highest BCUT2D eigenvalue weighted by Crippen LogP contribution is 2.32. The molecule has 0 saturated heterocycles. The van der Waals surface area contributed by atoms with Gasteiger partial charge in [-0.15, -0.1) is 11.3 Å². The van der Waals surface area contributed by atoms with Crippen LogP contribution in [0.2, 0.25) is 0 Å². The van der Waals surface area contributed by atoms with Crippen molar-refractivity contribution in [1.29, 1.82) is 0 Å². The highest BCUT2D eigenvalue weighted by Gasteiger charge is 2.28. The van der Waals surface area contributed by atoms with Crippen LogP contribution in [-0.2, 0) is 11.8 Å². The maximum absolute atomic E-state index is 4.82. The Morgan fingerprint density at radius 2 is 2.17 bits per heavy atom. The molecule has 3 heteroatoms. The molecule has 1 saturated carbocycles. The molecule has 1 N–H and O–H groups in total. The van der Waals surface area contributed by atoms with Gasteiger partial charge in [-0.1, -0.05) is 34.1 Å². The van der Waals surface area contributed by atoms with Gasteiger partial charge in [0.1, 0.15) is 0 Å². The molecule has 1 aromatic heterocycles. The van der Waals surface area contributed by atoms with E-state index in [0.717, 1.165) is 18.9 Å². The fraction of sp³-hybridized carbons (Fsp3) is 0.800. The first kappa shape index (κ1) is 14.0. The topological polar surface area (TPSA) is 24.9 Å². The lowest BCUT2D eigenvalue weighted by atomic mass is 9.78. The fourth-order valence-corrected chi connectivity index (χ4v) is 3.53. The van der Waals surface area contributed by atoms with E-state index in [1.807, 2.05) is 11.3 Å². The third-order valence-electron chi connectivity index (χ3n) is 3.90. The average molecular weight is 266 g/mol. The molecular weight excluding hydrogens is 240 g/mol. The number of nitrogens with one attached hydrogen (secondary N) is 1. The van der Waals surface area contributed by atoms with E-state index in [0.29, 0.717) is 6.04 Å². The normalized spacial score (nSPS) is 18.7. The van der Waals surface area contributed by atoms with Crippen LogP contribution in [0.5, 0.6) is 0 Å². The summed E-state index contributed by atoms with van der Waals surface area (Å²) < 4.78 is 0. The molecule has 1 fully saturated rings. The van der Waals surface area contributed by atoms with E-state index in [1.54, 1.807) is 0 Å². The highest BCUT2D eigenvalue weighted by molar-refractivity contribution is 7.09. The summed E-state index contributed by atoms with van der Waals surface area (Å²) in [5.41, 5.74) is 1.42. The van der Waals surface area contributed by atoms with Gasteiger partial charge in [0.2, 0.25) is 0 Å². The lowest BCUT2D eigenvalue weighted by molar-refractivity contribution is 0.229. The lowest BCUT2D eigenvalue weighted by Gasteiger charge is -2.34. The van der Waals surface area contributed by atoms with Gasteiger partial charge in [0.05, 0.1) is 10.7 Å². The van der Waals surface area contributed by atoms with Gasteiger partial charge in [-0.3, -0.25) is 0 Å². The van der Waals surface area contributed by atoms with Gasteiger partial charge in [0.25, 0.3) is 0 Å². The van der Waals surface area contributed by atoms with Crippen molar-refractivity contribution in [1.82, 2.24) is 10.3 Å². The van der Waals surface area contributed by atoms with Gasteiger partial charge in [-0.2, -0.15) is 0 Å². The smallest absolute Gasteiger partial charge is 0.0944 e. The Labute approximate surface area is 115 Å². The number of rotatable bonds is 5. The molecule has 2 nitrogen and oxygen atoms in total. The molecule has 1 aliphatic carbocycles. The summed E-state index contributed by atoms with van der Waals surface area (Å²) in [5, 5.41) is 7.19. The molecule has 0 bridgehead atoms. The zero-order valence-corrected chi connectivity index (χ0v) is 12.9. The summed E-state index contributed by atoms with van der Waals surface area (Å²) in [6.45, 7) is 9.98. The van der Waals surface area contributed by atoms with Crippen molar-refractivity contribution in [2.75, 3.05) is 6.54 Å². The lowest BCUT2D eigenvalue weighted by Crippen LogP contribution is -2.41. The summed E-state index contributed by atoms with van der Waals surface area (Å²) in [4.78, 5) is 4.82. The van der Waals surface area contributed by atoms with Gasteiger partial charge < -0.3 is 5.32 Å². The second kappa shape index (κ2) is 5.70. The quantitative estimate of drug-likeness (QED) is 0.877. The minimum atomic E-state index is 0.179. The van der Waals surface area contributed by atoms with E-state index in [2.05, 4.69) is 38.4 Å². The molecule has 2 rings (SSSR count). The van der Waals surface area contributed by atoms with Crippen LogP contribution in [0.4, 0.5) is 0 Å². The van der Waals surface area contributed by atoms with Crippen molar-refractivity contribution in [3.8, 4) is 0 Å². The molecule has 102 valence electrons. The number of hydrogen-bond acceptors (Lipinski definition) is 3. The van der Waals surface area contributed by atoms with E-state index >= 15 is 0 Å². The van der Waals surface area contributed by atoms with Gasteiger partial charge in [0.15, 0.2) is 0 Å². The maximum Gasteiger partial charge on any atom is 0.0944 e. The average Bonchev–Trinajstić information content (AvgIpc) is 2.63. The first-order chi connectivity index (χ1) is 8.50. The Bertz CT molecular complexity index is 374. The van der Waals surface area contributed by atoms with Crippen LogP contribution in [0.15, 0.2) is 5.38 Å². The minimum Gasteiger partial charge on any atom is -0.314 e. The summed E-state index contributed by atoms with van der Waals surface area (Å²) in [6.07, 6.45) is 5.32. The molecule has 1 atom stereocenters. The third kappa shape index (κ3) is 3.33. The summed E-state index contributed by atoms with van der Waals surface area (Å²) in [5.74, 6) is 0.881. The van der Waals surface area contributed by atoms with Gasteiger partial charge >= 0.3 is 0 Å². The first-order valence-corrected chi connectivity index (χ1v) is 8.07. The van der Waals surface area contributed by atoms with E-state index in [1.165, 1.54) is 30.0 Å². The standard InChI is InChI=1S/C15H26N2S/c1-5-16-12(11-7-6-8-11)9-14-17-13(10-18-14)15(2,3)4/h10-12,16H,5-9H2,1-4H3. The summed E-state index contributed by atoms with van der Waals surface area (Å²) in [6, 6.07) is 0.641. The molecule has 0 aromatic carbocycles. The van der Waals surface area contributed by atoms with E-state index < -0.39 is 0 Å². The molecule has 0 spiro atoms. The monoisotopic (exact) mass is 266 g/mol. The Morgan fingerprint density at radius 1 is 1.44 bits per heavy atom. The van der Waals surface area contributed by atoms with E-state index in [-0.39, 0.29) is 5.41 Å². The van der Waals surface area contributed by atoms with Crippen molar-refractivity contribution in [2.24, 2.45) is 5.92 Å². The highest BCUT2D eigenvalue weighted by atomic mass is 32.1. The molecule has 18 heavy (non-hydrogen) atoms. The predicted octanol–water partition coefficient (Wildman–Crippen LogP) is 3.76. The largest absolute Gasteiger partial charge is 0.314 e. The molecule has 0 radical (unpaired) electrons. The van der Waals surface area contributed by atoms with Crippen LogP contribution in [0.1, 0.15) is 57.7 Å². The van der Waals surface area contributed by atoms with Crippen LogP contribution in [0.3, 0.4) is 0 Å². The Kier molecular flexibility index (Phi) is 4.44. The molecule has 0 aliphatic heterocycles. The zero-order valence-electron chi connectivity index (χ0n) is 12.1. The van der Waals surface area contributed by atoms with Gasteiger partial charge in [0, 0.05) is 23.3 Å². The SMILES string of the molecule is CCNC(Cc1nc(C(C)(C)C)cs1)C1CCC1. The van der Waals surface area contributed by atoms with Crippen LogP contribution >= 0.6 is 11.3 Å². The number of aromatic nitrogens is 1.